The summed E-state index contributed by atoms with van der Waals surface area (Å²) in [6, 6.07) is 20.0. The second-order valence-corrected chi connectivity index (χ2v) is 15.7. The van der Waals surface area contributed by atoms with E-state index in [9.17, 15) is 0 Å². The van der Waals surface area contributed by atoms with Crippen LogP contribution in [-0.4, -0.2) is 62.0 Å². The number of rotatable bonds is 15. The van der Waals surface area contributed by atoms with Crippen LogP contribution in [0.5, 0.6) is 0 Å². The van der Waals surface area contributed by atoms with Crippen LogP contribution in [0.15, 0.2) is 116 Å². The van der Waals surface area contributed by atoms with E-state index in [-0.39, 0.29) is 12.1 Å². The minimum absolute atomic E-state index is 0.175. The highest BCUT2D eigenvalue weighted by Crippen LogP contribution is 2.37. The second kappa shape index (κ2) is 20.8. The van der Waals surface area contributed by atoms with E-state index >= 15 is 0 Å². The first-order valence-corrected chi connectivity index (χ1v) is 21.4. The minimum Gasteiger partial charge on any atom is -0.383 e. The van der Waals surface area contributed by atoms with Crippen molar-refractivity contribution >= 4 is 21.8 Å². The predicted molar refractivity (Wildman–Crippen MR) is 244 cm³/mol. The first kappa shape index (κ1) is 42.9. The van der Waals surface area contributed by atoms with E-state index in [1.807, 2.05) is 6.20 Å². The quantitative estimate of drug-likeness (QED) is 0.0848. The maximum Gasteiger partial charge on any atom is 0.129 e. The van der Waals surface area contributed by atoms with E-state index in [4.69, 9.17) is 4.98 Å². The van der Waals surface area contributed by atoms with Crippen molar-refractivity contribution in [3.63, 3.8) is 0 Å². The third kappa shape index (κ3) is 11.0. The number of hydrogen-bond acceptors (Lipinski definition) is 6. The molecule has 3 atom stereocenters. The van der Waals surface area contributed by atoms with E-state index in [1.54, 1.807) is 6.33 Å². The van der Waals surface area contributed by atoms with Gasteiger partial charge in [-0.3, -0.25) is 0 Å². The van der Waals surface area contributed by atoms with E-state index in [2.05, 4.69) is 158 Å². The van der Waals surface area contributed by atoms with Gasteiger partial charge in [0.2, 0.25) is 0 Å². The predicted octanol–water partition coefficient (Wildman–Crippen LogP) is 11.9. The Hall–Kier alpha value is -5.24. The molecule has 0 spiro atoms. The molecule has 57 heavy (non-hydrogen) atoms. The fraction of sp³-hybridized carbons (Fsp3) is 0.429. The molecule has 0 radical (unpaired) electrons. The summed E-state index contributed by atoms with van der Waals surface area (Å²) in [4.78, 5) is 20.9. The average molecular weight is 769 g/mol. The highest BCUT2D eigenvalue weighted by atomic mass is 15.2. The first-order valence-electron chi connectivity index (χ1n) is 21.4. The molecule has 4 N–H and O–H groups in total. The van der Waals surface area contributed by atoms with Crippen LogP contribution < -0.4 is 10.6 Å². The average Bonchev–Trinajstić information content (AvgIpc) is 4.09. The summed E-state index contributed by atoms with van der Waals surface area (Å²) in [5.41, 5.74) is 11.1. The van der Waals surface area contributed by atoms with Gasteiger partial charge in [-0.25, -0.2) is 9.97 Å². The van der Waals surface area contributed by atoms with Gasteiger partial charge < -0.3 is 30.4 Å². The van der Waals surface area contributed by atoms with Crippen LogP contribution >= 0.6 is 0 Å². The Kier molecular flexibility index (Phi) is 15.6. The lowest BCUT2D eigenvalue weighted by atomic mass is 9.95. The molecule has 0 unspecified atom stereocenters. The minimum atomic E-state index is 0.175. The molecule has 2 aliphatic heterocycles. The van der Waals surface area contributed by atoms with E-state index in [0.717, 1.165) is 90.4 Å². The number of imidazole rings is 2. The summed E-state index contributed by atoms with van der Waals surface area (Å²) in [5, 5.41) is 9.36. The van der Waals surface area contributed by atoms with Crippen molar-refractivity contribution in [2.24, 2.45) is 5.92 Å². The maximum absolute atomic E-state index is 4.88. The number of fused-ring (bicyclic) bond motifs is 2. The van der Waals surface area contributed by atoms with Crippen LogP contribution in [0.3, 0.4) is 0 Å². The number of H-pyrrole nitrogens is 2. The third-order valence-corrected chi connectivity index (χ3v) is 11.3. The fourth-order valence-corrected chi connectivity index (χ4v) is 7.54. The van der Waals surface area contributed by atoms with Crippen molar-refractivity contribution in [2.75, 3.05) is 26.2 Å². The molecule has 4 heterocycles. The number of likely N-dealkylation sites (tertiary alicyclic amines) is 2. The molecule has 3 aromatic carbocycles. The van der Waals surface area contributed by atoms with Crippen LogP contribution in [0.1, 0.15) is 105 Å². The normalized spacial score (nSPS) is 16.0. The van der Waals surface area contributed by atoms with E-state index < -0.39 is 0 Å². The van der Waals surface area contributed by atoms with Crippen LogP contribution in [-0.2, 0) is 0 Å². The molecular formula is C49H68N8. The summed E-state index contributed by atoms with van der Waals surface area (Å²) >= 11 is 0. The van der Waals surface area contributed by atoms with Crippen LogP contribution in [0.2, 0.25) is 0 Å². The van der Waals surface area contributed by atoms with Crippen molar-refractivity contribution in [2.45, 2.75) is 105 Å². The highest BCUT2D eigenvalue weighted by Gasteiger charge is 2.33. The number of benzene rings is 3. The monoisotopic (exact) mass is 769 g/mol. The van der Waals surface area contributed by atoms with Gasteiger partial charge >= 0.3 is 0 Å². The van der Waals surface area contributed by atoms with Gasteiger partial charge in [-0.2, -0.15) is 0 Å². The van der Waals surface area contributed by atoms with Crippen molar-refractivity contribution in [1.82, 2.24) is 40.4 Å². The molecule has 0 saturated carbocycles. The van der Waals surface area contributed by atoms with Crippen LogP contribution in [0.4, 0.5) is 0 Å². The Balaban J connectivity index is 0.000000326. The van der Waals surface area contributed by atoms with Crippen LogP contribution in [0.25, 0.3) is 44.2 Å². The number of nitrogens with zero attached hydrogens (tertiary/aromatic N) is 4. The zero-order chi connectivity index (χ0) is 40.9. The van der Waals surface area contributed by atoms with Gasteiger partial charge in [-0.05, 0) is 90.6 Å². The molecule has 8 nitrogen and oxygen atoms in total. The lowest BCUT2D eigenvalue weighted by Crippen LogP contribution is -2.42. The fourth-order valence-electron chi connectivity index (χ4n) is 7.54. The van der Waals surface area contributed by atoms with Gasteiger partial charge in [-0.1, -0.05) is 111 Å². The molecular weight excluding hydrogens is 701 g/mol. The first-order chi connectivity index (χ1) is 27.6. The molecule has 304 valence electrons. The summed E-state index contributed by atoms with van der Waals surface area (Å²) in [7, 11) is 0. The number of allylic oxidation sites excluding steroid dienone is 2. The van der Waals surface area contributed by atoms with Crippen LogP contribution in [0, 0.1) is 5.92 Å². The number of hydrogen-bond donors (Lipinski definition) is 4. The van der Waals surface area contributed by atoms with Gasteiger partial charge in [-0.15, -0.1) is 0 Å². The smallest absolute Gasteiger partial charge is 0.129 e. The second-order valence-electron chi connectivity index (χ2n) is 15.7. The lowest BCUT2D eigenvalue weighted by molar-refractivity contribution is 0.263. The number of aromatic amines is 2. The molecule has 0 aliphatic carbocycles. The Morgan fingerprint density at radius 3 is 2.14 bits per heavy atom. The number of aromatic nitrogens is 4. The zero-order valence-corrected chi connectivity index (χ0v) is 35.7. The SMILES string of the molecule is C=C(CC)NCC(=C)N1CCCC1.C=C(CC)N[C@H](C(=C)N1CCC[C@H]1c1ncc(-c2ccc3cc(-c4ccc5nc[nH]c5c4)ccc3c2)[nH]1)[C@@H](C)CC.CCC. The summed E-state index contributed by atoms with van der Waals surface area (Å²) in [6.45, 7) is 34.0. The maximum atomic E-state index is 4.88. The number of nitrogens with one attached hydrogen (secondary N) is 4. The topological polar surface area (TPSA) is 87.9 Å². The van der Waals surface area contributed by atoms with Gasteiger partial charge in [0, 0.05) is 48.0 Å². The summed E-state index contributed by atoms with van der Waals surface area (Å²) in [5.74, 6) is 1.48. The molecule has 0 bridgehead atoms. The molecule has 5 aromatic rings. The lowest BCUT2D eigenvalue weighted by Gasteiger charge is -2.36. The molecule has 2 aliphatic rings. The van der Waals surface area contributed by atoms with Crippen molar-refractivity contribution < 1.29 is 0 Å². The van der Waals surface area contributed by atoms with Gasteiger partial charge in [0.25, 0.3) is 0 Å². The van der Waals surface area contributed by atoms with Crippen molar-refractivity contribution in [1.29, 1.82) is 0 Å². The molecule has 2 fully saturated rings. The van der Waals surface area contributed by atoms with Crippen molar-refractivity contribution in [3.05, 3.63) is 122 Å². The molecule has 8 heteroatoms. The standard InChI is InChI=1S/C35H40N6.C11H20N2.C3H8/c1-6-22(3)34(39-23(4)7-2)24(5)41-16-8-9-33(41)35-36-20-32(40-35)29-13-12-25-17-26(10-11-27(25)18-29)28-14-15-30-31(19-28)38-21-37-30;1-4-10(2)12-9-11(3)13-7-5-6-8-13;1-3-2/h10-15,17-22,33-34,39H,4-9,16H2,1-3H3,(H,36,40)(H,37,38);12H,2-9H2,1H3;3H2,1-2H3/t22-,33-,34-;;/m0../s1. The highest BCUT2D eigenvalue weighted by molar-refractivity contribution is 5.91. The van der Waals surface area contributed by atoms with E-state index in [0.29, 0.717) is 5.92 Å². The van der Waals surface area contributed by atoms with Gasteiger partial charge in [0.1, 0.15) is 5.82 Å². The largest absolute Gasteiger partial charge is 0.383 e. The Morgan fingerprint density at radius 1 is 0.807 bits per heavy atom. The Bertz CT molecular complexity index is 2100. The van der Waals surface area contributed by atoms with Gasteiger partial charge in [0.15, 0.2) is 0 Å². The third-order valence-electron chi connectivity index (χ3n) is 11.3. The Labute approximate surface area is 342 Å². The van der Waals surface area contributed by atoms with Gasteiger partial charge in [0.05, 0.1) is 47.9 Å². The summed E-state index contributed by atoms with van der Waals surface area (Å²) < 4.78 is 0. The molecule has 2 saturated heterocycles. The van der Waals surface area contributed by atoms with Crippen molar-refractivity contribution in [3.8, 4) is 22.4 Å². The molecule has 0 amide bonds. The summed E-state index contributed by atoms with van der Waals surface area (Å²) in [6.07, 6.45) is 12.8. The Morgan fingerprint density at radius 2 is 1.46 bits per heavy atom. The zero-order valence-electron chi connectivity index (χ0n) is 35.7. The van der Waals surface area contributed by atoms with E-state index in [1.165, 1.54) is 59.9 Å². The molecule has 2 aromatic heterocycles. The molecule has 7 rings (SSSR count).